The lowest BCUT2D eigenvalue weighted by molar-refractivity contribution is 1.06. The first-order valence-electron chi connectivity index (χ1n) is 25.5. The Hall–Kier alpha value is -10.5. The number of aromatic nitrogens is 5. The minimum absolute atomic E-state index is 0.546. The summed E-state index contributed by atoms with van der Waals surface area (Å²) in [5.41, 5.74) is 18.1. The summed E-state index contributed by atoms with van der Waals surface area (Å²) in [6.45, 7) is 7.91. The van der Waals surface area contributed by atoms with Crippen molar-refractivity contribution in [1.29, 1.82) is 0 Å². The Morgan fingerprint density at radius 2 is 0.645 bits per heavy atom. The van der Waals surface area contributed by atoms with Crippen LogP contribution in [0.25, 0.3) is 139 Å². The molecule has 14 rings (SSSR count). The number of hydrogen-bond acceptors (Lipinski definition) is 3. The predicted octanol–water partition coefficient (Wildman–Crippen LogP) is 18.3. The van der Waals surface area contributed by atoms with Crippen LogP contribution in [0.2, 0.25) is 0 Å². The fraction of sp³-hybridized carbons (Fsp3) is 0. The molecule has 11 aromatic carbocycles. The van der Waals surface area contributed by atoms with Crippen LogP contribution in [0.4, 0.5) is 5.69 Å². The Kier molecular flexibility index (Phi) is 10.8. The molecule has 0 fully saturated rings. The monoisotopic (exact) mass is 968 g/mol. The van der Waals surface area contributed by atoms with E-state index in [-0.39, 0.29) is 0 Å². The van der Waals surface area contributed by atoms with Gasteiger partial charge in [-0.25, -0.2) is 19.8 Å². The molecule has 0 bridgehead atoms. The van der Waals surface area contributed by atoms with E-state index < -0.39 is 0 Å². The number of hydrogen-bond donors (Lipinski definition) is 0. The van der Waals surface area contributed by atoms with Gasteiger partial charge in [0.05, 0.1) is 40.0 Å². The highest BCUT2D eigenvalue weighted by Crippen LogP contribution is 2.44. The van der Waals surface area contributed by atoms with Crippen molar-refractivity contribution >= 4 is 49.3 Å². The second-order valence-electron chi connectivity index (χ2n) is 19.1. The minimum Gasteiger partial charge on any atom is -0.309 e. The molecular formula is C70H44N6. The molecule has 0 aliphatic heterocycles. The van der Waals surface area contributed by atoms with Crippen molar-refractivity contribution in [3.05, 3.63) is 278 Å². The zero-order valence-corrected chi connectivity index (χ0v) is 41.1. The van der Waals surface area contributed by atoms with Crippen LogP contribution >= 0.6 is 0 Å². The molecule has 0 saturated carbocycles. The average molecular weight is 969 g/mol. The Morgan fingerprint density at radius 3 is 1.17 bits per heavy atom. The van der Waals surface area contributed by atoms with Gasteiger partial charge in [-0.2, -0.15) is 0 Å². The summed E-state index contributed by atoms with van der Waals surface area (Å²) in [7, 11) is 0. The molecule has 0 radical (unpaired) electrons. The van der Waals surface area contributed by atoms with Gasteiger partial charge in [-0.15, -0.1) is 0 Å². The molecule has 3 heterocycles. The van der Waals surface area contributed by atoms with Crippen LogP contribution in [0.1, 0.15) is 0 Å². The van der Waals surface area contributed by atoms with Gasteiger partial charge in [0.25, 0.3) is 0 Å². The summed E-state index contributed by atoms with van der Waals surface area (Å²) in [6, 6.07) is 93.8. The highest BCUT2D eigenvalue weighted by molar-refractivity contribution is 6.12. The normalized spacial score (nSPS) is 11.4. The van der Waals surface area contributed by atoms with Crippen molar-refractivity contribution in [2.75, 3.05) is 0 Å². The first-order valence-corrected chi connectivity index (χ1v) is 25.5. The van der Waals surface area contributed by atoms with E-state index in [4.69, 9.17) is 21.5 Å². The van der Waals surface area contributed by atoms with E-state index >= 15 is 0 Å². The number of rotatable bonds is 9. The number of nitrogens with zero attached hydrogens (tertiary/aromatic N) is 6. The van der Waals surface area contributed by atoms with E-state index in [1.165, 1.54) is 16.3 Å². The Morgan fingerprint density at radius 1 is 0.263 bits per heavy atom. The summed E-state index contributed by atoms with van der Waals surface area (Å²) in [5.74, 6) is 1.71. The first kappa shape index (κ1) is 44.2. The fourth-order valence-electron chi connectivity index (χ4n) is 11.0. The van der Waals surface area contributed by atoms with Crippen molar-refractivity contribution < 1.29 is 0 Å². The number of fused-ring (bicyclic) bond motifs is 6. The number of para-hydroxylation sites is 2. The Bertz CT molecular complexity index is 4510. The third-order valence-electron chi connectivity index (χ3n) is 14.6. The summed E-state index contributed by atoms with van der Waals surface area (Å²) in [4.78, 5) is 19.8. The van der Waals surface area contributed by atoms with Crippen LogP contribution in [-0.2, 0) is 0 Å². The molecule has 0 N–H and O–H groups in total. The molecule has 0 aliphatic rings. The van der Waals surface area contributed by atoms with Crippen LogP contribution in [0, 0.1) is 6.57 Å². The van der Waals surface area contributed by atoms with E-state index in [2.05, 4.69) is 226 Å². The molecule has 0 unspecified atom stereocenters. The lowest BCUT2D eigenvalue weighted by atomic mass is 9.95. The maximum absolute atomic E-state index is 7.91. The third-order valence-corrected chi connectivity index (χ3v) is 14.6. The van der Waals surface area contributed by atoms with E-state index in [0.717, 1.165) is 99.8 Å². The lowest BCUT2D eigenvalue weighted by Gasteiger charge is -2.19. The van der Waals surface area contributed by atoms with Gasteiger partial charge in [-0.1, -0.05) is 200 Å². The second-order valence-corrected chi connectivity index (χ2v) is 19.1. The molecule has 76 heavy (non-hydrogen) atoms. The van der Waals surface area contributed by atoms with Crippen molar-refractivity contribution in [3.63, 3.8) is 0 Å². The molecule has 0 aliphatic carbocycles. The zero-order valence-electron chi connectivity index (χ0n) is 41.1. The summed E-state index contributed by atoms with van der Waals surface area (Å²) in [6.07, 6.45) is 0. The van der Waals surface area contributed by atoms with Gasteiger partial charge < -0.3 is 9.13 Å². The van der Waals surface area contributed by atoms with Crippen molar-refractivity contribution in [3.8, 4) is 90.0 Å². The molecule has 0 saturated heterocycles. The van der Waals surface area contributed by atoms with Crippen LogP contribution < -0.4 is 0 Å². The van der Waals surface area contributed by atoms with Gasteiger partial charge in [-0.3, -0.25) is 0 Å². The quantitative estimate of drug-likeness (QED) is 0.135. The summed E-state index contributed by atoms with van der Waals surface area (Å²) < 4.78 is 4.78. The maximum atomic E-state index is 7.91. The molecular weight excluding hydrogens is 925 g/mol. The third kappa shape index (κ3) is 7.70. The molecule has 0 atom stereocenters. The highest BCUT2D eigenvalue weighted by Gasteiger charge is 2.23. The molecule has 0 spiro atoms. The van der Waals surface area contributed by atoms with E-state index in [9.17, 15) is 0 Å². The predicted molar refractivity (Wildman–Crippen MR) is 313 cm³/mol. The topological polar surface area (TPSA) is 52.9 Å². The van der Waals surface area contributed by atoms with E-state index in [0.29, 0.717) is 23.2 Å². The van der Waals surface area contributed by atoms with Gasteiger partial charge in [0.2, 0.25) is 0 Å². The van der Waals surface area contributed by atoms with Crippen molar-refractivity contribution in [2.24, 2.45) is 0 Å². The maximum Gasteiger partial charge on any atom is 0.187 e. The van der Waals surface area contributed by atoms with Crippen LogP contribution in [-0.4, -0.2) is 24.1 Å². The standard InChI is InChI=1S/C70H44N6/c1-71-55-28-18-27-50(41-55)53-35-37-64(75-62-31-16-14-29-56(62)59-43-51(33-38-65(59)75)46-19-6-2-7-20-46)58(42-53)54-36-40-67(76-63-32-17-15-30-57(63)60-44-52(34-39-66(60)76)47-21-8-3-9-22-47)61(45-54)70-73-68(48-23-10-4-11-24-48)72-69(74-70)49-25-12-5-13-26-49/h2-45H. The SMILES string of the molecule is [C-]#[N+]c1cccc(-c2ccc(-n3c4ccccc4c4cc(-c5ccccc5)ccc43)c(-c3ccc(-n4c5ccccc5c5cc(-c6ccccc6)ccc54)c(-c4nc(-c5ccccc5)nc(-c5ccccc5)n4)c3)c2)c1. The van der Waals surface area contributed by atoms with E-state index in [1.54, 1.807) is 0 Å². The largest absolute Gasteiger partial charge is 0.309 e. The van der Waals surface area contributed by atoms with Gasteiger partial charge >= 0.3 is 0 Å². The highest BCUT2D eigenvalue weighted by atomic mass is 15.1. The molecule has 0 amide bonds. The second kappa shape index (κ2) is 18.5. The van der Waals surface area contributed by atoms with Gasteiger partial charge in [0, 0.05) is 43.8 Å². The molecule has 6 nitrogen and oxygen atoms in total. The smallest absolute Gasteiger partial charge is 0.187 e. The molecule has 14 aromatic rings. The van der Waals surface area contributed by atoms with Crippen molar-refractivity contribution in [2.45, 2.75) is 0 Å². The first-order chi connectivity index (χ1) is 37.6. The molecule has 354 valence electrons. The van der Waals surface area contributed by atoms with Crippen LogP contribution in [0.15, 0.2) is 267 Å². The minimum atomic E-state index is 0.546. The Balaban J connectivity index is 1.07. The van der Waals surface area contributed by atoms with Crippen LogP contribution in [0.3, 0.4) is 0 Å². The summed E-state index contributed by atoms with van der Waals surface area (Å²) in [5, 5.41) is 4.63. The van der Waals surface area contributed by atoms with Crippen LogP contribution in [0.5, 0.6) is 0 Å². The van der Waals surface area contributed by atoms with Crippen molar-refractivity contribution in [1.82, 2.24) is 24.1 Å². The molecule has 3 aromatic heterocycles. The average Bonchev–Trinajstić information content (AvgIpc) is 4.05. The fourth-order valence-corrected chi connectivity index (χ4v) is 11.0. The molecule has 6 heteroatoms. The van der Waals surface area contributed by atoms with Gasteiger partial charge in [0.1, 0.15) is 0 Å². The zero-order chi connectivity index (χ0) is 50.5. The summed E-state index contributed by atoms with van der Waals surface area (Å²) >= 11 is 0. The lowest BCUT2D eigenvalue weighted by Crippen LogP contribution is -2.04. The number of benzene rings is 11. The van der Waals surface area contributed by atoms with E-state index in [1.807, 2.05) is 54.6 Å². The Labute approximate surface area is 439 Å². The van der Waals surface area contributed by atoms with Gasteiger partial charge in [0.15, 0.2) is 23.2 Å². The van der Waals surface area contributed by atoms with Gasteiger partial charge in [-0.05, 0) is 106 Å².